The van der Waals surface area contributed by atoms with Crippen LogP contribution in [0.15, 0.2) is 0 Å². The van der Waals surface area contributed by atoms with Gasteiger partial charge in [0.25, 0.3) is 0 Å². The van der Waals surface area contributed by atoms with E-state index >= 15 is 0 Å². The van der Waals surface area contributed by atoms with E-state index in [1.165, 1.54) is 38.5 Å². The molecule has 200 valence electrons. The molecular formula is C27H51NO5S. The van der Waals surface area contributed by atoms with Crippen LogP contribution in [0.5, 0.6) is 0 Å². The maximum absolute atomic E-state index is 12.8. The largest absolute Gasteiger partial charge is 0.481 e. The second-order valence-electron chi connectivity index (χ2n) is 9.53. The maximum Gasteiger partial charge on any atom is 0.327 e. The lowest BCUT2D eigenvalue weighted by molar-refractivity contribution is -0.149. The van der Waals surface area contributed by atoms with Gasteiger partial charge in [0.15, 0.2) is 0 Å². The van der Waals surface area contributed by atoms with E-state index in [1.54, 1.807) is 4.90 Å². The summed E-state index contributed by atoms with van der Waals surface area (Å²) in [6.07, 6.45) is 20.5. The minimum Gasteiger partial charge on any atom is -0.481 e. The first-order valence-electron chi connectivity index (χ1n) is 13.8. The molecule has 1 atom stereocenters. The molecular weight excluding hydrogens is 450 g/mol. The summed E-state index contributed by atoms with van der Waals surface area (Å²) in [6, 6.07) is -0.847. The number of carbonyl (C=O) groups is 3. The Morgan fingerprint density at radius 1 is 0.647 bits per heavy atom. The summed E-state index contributed by atoms with van der Waals surface area (Å²) in [7, 11) is 0. The molecule has 0 saturated heterocycles. The molecule has 6 nitrogen and oxygen atoms in total. The number of amides is 1. The van der Waals surface area contributed by atoms with Crippen molar-refractivity contribution in [3.8, 4) is 0 Å². The number of hydrogen-bond acceptors (Lipinski definition) is 4. The van der Waals surface area contributed by atoms with Gasteiger partial charge in [0.2, 0.25) is 5.91 Å². The summed E-state index contributed by atoms with van der Waals surface area (Å²) in [5.74, 6) is -1.60. The Morgan fingerprint density at radius 3 is 1.47 bits per heavy atom. The Bertz CT molecular complexity index is 529. The summed E-state index contributed by atoms with van der Waals surface area (Å²) in [6.45, 7) is 2.71. The quantitative estimate of drug-likeness (QED) is 0.0915. The van der Waals surface area contributed by atoms with Crippen molar-refractivity contribution in [3.63, 3.8) is 0 Å². The Labute approximate surface area is 213 Å². The highest BCUT2D eigenvalue weighted by Gasteiger charge is 2.27. The van der Waals surface area contributed by atoms with E-state index < -0.39 is 18.0 Å². The van der Waals surface area contributed by atoms with E-state index in [0.717, 1.165) is 77.0 Å². The summed E-state index contributed by atoms with van der Waals surface area (Å²) in [5, 5.41) is 18.2. The van der Waals surface area contributed by atoms with Crippen molar-refractivity contribution in [3.05, 3.63) is 0 Å². The number of carboxylic acid groups (broad SMARTS) is 2. The Balaban J connectivity index is 4.07. The highest BCUT2D eigenvalue weighted by Crippen LogP contribution is 2.15. The zero-order chi connectivity index (χ0) is 25.4. The van der Waals surface area contributed by atoms with Crippen LogP contribution < -0.4 is 0 Å². The van der Waals surface area contributed by atoms with Gasteiger partial charge in [-0.2, -0.15) is 12.6 Å². The number of hydrogen-bond donors (Lipinski definition) is 3. The minimum absolute atomic E-state index is 0.0502. The van der Waals surface area contributed by atoms with Crippen molar-refractivity contribution in [1.82, 2.24) is 4.90 Å². The zero-order valence-corrected chi connectivity index (χ0v) is 22.5. The minimum atomic E-state index is -0.974. The highest BCUT2D eigenvalue weighted by atomic mass is 32.1. The molecule has 0 aliphatic carbocycles. The van der Waals surface area contributed by atoms with Crippen LogP contribution in [0.4, 0.5) is 0 Å². The monoisotopic (exact) mass is 501 g/mol. The first-order valence-corrected chi connectivity index (χ1v) is 14.4. The average molecular weight is 502 g/mol. The number of carboxylic acids is 2. The fourth-order valence-corrected chi connectivity index (χ4v) is 4.64. The molecule has 0 bridgehead atoms. The molecule has 0 fully saturated rings. The molecule has 34 heavy (non-hydrogen) atoms. The highest BCUT2D eigenvalue weighted by molar-refractivity contribution is 7.80. The molecule has 0 heterocycles. The summed E-state index contributed by atoms with van der Waals surface area (Å²) >= 11 is 4.19. The molecule has 0 aromatic heterocycles. The van der Waals surface area contributed by atoms with Crippen LogP contribution in [0, 0.1) is 0 Å². The predicted molar refractivity (Wildman–Crippen MR) is 143 cm³/mol. The lowest BCUT2D eigenvalue weighted by Gasteiger charge is -2.28. The number of nitrogens with zero attached hydrogens (tertiary/aromatic N) is 1. The van der Waals surface area contributed by atoms with Crippen LogP contribution in [-0.2, 0) is 14.4 Å². The van der Waals surface area contributed by atoms with E-state index in [1.807, 2.05) is 0 Å². The van der Waals surface area contributed by atoms with Gasteiger partial charge >= 0.3 is 11.9 Å². The standard InChI is InChI=1S/C27H51NO5S/c1-2-3-4-5-6-8-11-14-17-20-25(29)28(24(23-34)27(32)33)22-19-16-13-10-7-9-12-15-18-21-26(30)31/h24,34H,2-23H2,1H3,(H,30,31)(H,32,33)/t24-/m0/s1. The molecule has 0 unspecified atom stereocenters. The van der Waals surface area contributed by atoms with Crippen molar-refractivity contribution < 1.29 is 24.6 Å². The number of carbonyl (C=O) groups excluding carboxylic acids is 1. The van der Waals surface area contributed by atoms with E-state index in [0.29, 0.717) is 13.0 Å². The molecule has 0 saturated carbocycles. The average Bonchev–Trinajstić information content (AvgIpc) is 2.80. The first-order chi connectivity index (χ1) is 16.4. The van der Waals surface area contributed by atoms with Crippen LogP contribution in [0.25, 0.3) is 0 Å². The molecule has 2 N–H and O–H groups in total. The van der Waals surface area contributed by atoms with Gasteiger partial charge in [0.05, 0.1) is 0 Å². The van der Waals surface area contributed by atoms with Crippen molar-refractivity contribution in [2.45, 2.75) is 141 Å². The van der Waals surface area contributed by atoms with Gasteiger partial charge in [-0.3, -0.25) is 9.59 Å². The van der Waals surface area contributed by atoms with Crippen LogP contribution in [0.3, 0.4) is 0 Å². The molecule has 0 aromatic carbocycles. The topological polar surface area (TPSA) is 94.9 Å². The molecule has 0 rings (SSSR count). The lowest BCUT2D eigenvalue weighted by Crippen LogP contribution is -2.46. The van der Waals surface area contributed by atoms with E-state index in [4.69, 9.17) is 5.11 Å². The Hall–Kier alpha value is -1.24. The second kappa shape index (κ2) is 23.5. The second-order valence-corrected chi connectivity index (χ2v) is 9.89. The molecule has 0 aliphatic rings. The smallest absolute Gasteiger partial charge is 0.327 e. The third-order valence-electron chi connectivity index (χ3n) is 6.44. The molecule has 1 amide bonds. The Kier molecular flexibility index (Phi) is 22.6. The maximum atomic E-state index is 12.8. The van der Waals surface area contributed by atoms with E-state index in [2.05, 4.69) is 19.6 Å². The van der Waals surface area contributed by atoms with E-state index in [9.17, 15) is 19.5 Å². The predicted octanol–water partition coefficient (Wildman–Crippen LogP) is 7.10. The number of thiol groups is 1. The van der Waals surface area contributed by atoms with Crippen molar-refractivity contribution in [2.24, 2.45) is 0 Å². The van der Waals surface area contributed by atoms with Crippen molar-refractivity contribution in [2.75, 3.05) is 12.3 Å². The summed E-state index contributed by atoms with van der Waals surface area (Å²) in [5.41, 5.74) is 0. The number of unbranched alkanes of at least 4 members (excludes halogenated alkanes) is 16. The normalized spacial score (nSPS) is 11.9. The third kappa shape index (κ3) is 19.1. The molecule has 0 aromatic rings. The van der Waals surface area contributed by atoms with Crippen LogP contribution in [-0.4, -0.2) is 51.3 Å². The van der Waals surface area contributed by atoms with Gasteiger partial charge in [-0.05, 0) is 19.3 Å². The zero-order valence-electron chi connectivity index (χ0n) is 21.6. The van der Waals surface area contributed by atoms with E-state index in [-0.39, 0.29) is 18.1 Å². The Morgan fingerprint density at radius 2 is 1.06 bits per heavy atom. The summed E-state index contributed by atoms with van der Waals surface area (Å²) in [4.78, 5) is 36.5. The van der Waals surface area contributed by atoms with Gasteiger partial charge < -0.3 is 15.1 Å². The third-order valence-corrected chi connectivity index (χ3v) is 6.78. The fourth-order valence-electron chi connectivity index (χ4n) is 4.29. The SMILES string of the molecule is CCCCCCCCCCCC(=O)N(CCCCCCCCCCCC(=O)O)[C@@H](CS)C(=O)O. The van der Waals surface area contributed by atoms with Gasteiger partial charge in [-0.1, -0.05) is 103 Å². The number of aliphatic carboxylic acids is 2. The van der Waals surface area contributed by atoms with Gasteiger partial charge in [-0.25, -0.2) is 4.79 Å². The molecule has 0 radical (unpaired) electrons. The molecule has 7 heteroatoms. The van der Waals surface area contributed by atoms with Crippen LogP contribution >= 0.6 is 12.6 Å². The fraction of sp³-hybridized carbons (Fsp3) is 0.889. The van der Waals surface area contributed by atoms with Crippen molar-refractivity contribution in [1.29, 1.82) is 0 Å². The van der Waals surface area contributed by atoms with Gasteiger partial charge in [-0.15, -0.1) is 0 Å². The lowest BCUT2D eigenvalue weighted by atomic mass is 10.1. The molecule has 0 spiro atoms. The summed E-state index contributed by atoms with van der Waals surface area (Å²) < 4.78 is 0. The van der Waals surface area contributed by atoms with Crippen LogP contribution in [0.1, 0.15) is 135 Å². The van der Waals surface area contributed by atoms with Gasteiger partial charge in [0.1, 0.15) is 6.04 Å². The first kappa shape index (κ1) is 32.8. The van der Waals surface area contributed by atoms with Crippen molar-refractivity contribution >= 4 is 30.5 Å². The van der Waals surface area contributed by atoms with Crippen LogP contribution in [0.2, 0.25) is 0 Å². The molecule has 0 aliphatic heterocycles. The number of rotatable bonds is 25. The van der Waals surface area contributed by atoms with Gasteiger partial charge in [0, 0.05) is 25.1 Å².